The smallest absolute Gasteiger partial charge is 0.0572 e. The number of nitrogens with one attached hydrogen (secondary N) is 1. The maximum atomic E-state index is 6.26. The lowest BCUT2D eigenvalue weighted by atomic mass is 9.98. The van der Waals surface area contributed by atoms with Crippen LogP contribution in [0.2, 0.25) is 5.02 Å². The van der Waals surface area contributed by atoms with E-state index in [-0.39, 0.29) is 6.04 Å². The van der Waals surface area contributed by atoms with Gasteiger partial charge < -0.3 is 11.1 Å². The Morgan fingerprint density at radius 1 is 1.12 bits per heavy atom. The molecule has 0 aliphatic heterocycles. The van der Waals surface area contributed by atoms with Crippen molar-refractivity contribution in [2.45, 2.75) is 6.04 Å². The Morgan fingerprint density at radius 2 is 1.82 bits per heavy atom. The van der Waals surface area contributed by atoms with Crippen LogP contribution in [0.4, 0.5) is 5.69 Å². The van der Waals surface area contributed by atoms with Crippen molar-refractivity contribution >= 4 is 17.3 Å². The normalized spacial score (nSPS) is 12.2. The average Bonchev–Trinajstić information content (AvgIpc) is 2.39. The Kier molecular flexibility index (Phi) is 3.67. The van der Waals surface area contributed by atoms with Gasteiger partial charge in [-0.15, -0.1) is 0 Å². The standard InChI is InChI=1S/C14H15ClN2/c1-17-13-8-7-11(15)9-12(13)14(16)10-5-3-2-4-6-10/h2-9,14,17H,16H2,1H3. The van der Waals surface area contributed by atoms with Crippen LogP contribution in [-0.2, 0) is 0 Å². The molecule has 0 fully saturated rings. The third kappa shape index (κ3) is 2.60. The van der Waals surface area contributed by atoms with E-state index < -0.39 is 0 Å². The number of hydrogen-bond donors (Lipinski definition) is 2. The Labute approximate surface area is 106 Å². The first kappa shape index (κ1) is 12.0. The zero-order valence-corrected chi connectivity index (χ0v) is 10.4. The highest BCUT2D eigenvalue weighted by Gasteiger charge is 2.12. The summed E-state index contributed by atoms with van der Waals surface area (Å²) in [5, 5.41) is 3.83. The van der Waals surface area contributed by atoms with Crippen LogP contribution in [0.3, 0.4) is 0 Å². The lowest BCUT2D eigenvalue weighted by Gasteiger charge is -2.17. The summed E-state index contributed by atoms with van der Waals surface area (Å²) in [5.41, 5.74) is 9.35. The molecule has 0 aromatic heterocycles. The van der Waals surface area contributed by atoms with E-state index in [0.717, 1.165) is 16.8 Å². The molecule has 2 aromatic carbocycles. The third-order valence-electron chi connectivity index (χ3n) is 2.78. The van der Waals surface area contributed by atoms with Gasteiger partial charge in [-0.3, -0.25) is 0 Å². The second kappa shape index (κ2) is 5.21. The SMILES string of the molecule is CNc1ccc(Cl)cc1C(N)c1ccccc1. The molecule has 3 N–H and O–H groups in total. The Balaban J connectivity index is 2.43. The second-order valence-corrected chi connectivity index (χ2v) is 4.31. The fraction of sp³-hybridized carbons (Fsp3) is 0.143. The lowest BCUT2D eigenvalue weighted by molar-refractivity contribution is 0.873. The van der Waals surface area contributed by atoms with Gasteiger partial charge in [0, 0.05) is 17.8 Å². The van der Waals surface area contributed by atoms with Gasteiger partial charge in [0.25, 0.3) is 0 Å². The van der Waals surface area contributed by atoms with Gasteiger partial charge in [-0.05, 0) is 29.3 Å². The van der Waals surface area contributed by atoms with E-state index in [4.69, 9.17) is 17.3 Å². The predicted molar refractivity (Wildman–Crippen MR) is 73.5 cm³/mol. The molecule has 0 heterocycles. The van der Waals surface area contributed by atoms with Gasteiger partial charge in [0.1, 0.15) is 0 Å². The summed E-state index contributed by atoms with van der Waals surface area (Å²) in [5.74, 6) is 0. The molecule has 88 valence electrons. The first-order valence-electron chi connectivity index (χ1n) is 5.50. The maximum Gasteiger partial charge on any atom is 0.0572 e. The molecule has 0 aliphatic carbocycles. The van der Waals surface area contributed by atoms with Gasteiger partial charge in [0.05, 0.1) is 6.04 Å². The van der Waals surface area contributed by atoms with Crippen LogP contribution in [0.25, 0.3) is 0 Å². The summed E-state index contributed by atoms with van der Waals surface area (Å²) in [6.45, 7) is 0. The number of hydrogen-bond acceptors (Lipinski definition) is 2. The van der Waals surface area contributed by atoms with Gasteiger partial charge in [0.2, 0.25) is 0 Å². The van der Waals surface area contributed by atoms with Gasteiger partial charge in [0.15, 0.2) is 0 Å². The van der Waals surface area contributed by atoms with Gasteiger partial charge in [-0.2, -0.15) is 0 Å². The van der Waals surface area contributed by atoms with E-state index in [0.29, 0.717) is 5.02 Å². The van der Waals surface area contributed by atoms with Crippen molar-refractivity contribution < 1.29 is 0 Å². The van der Waals surface area contributed by atoms with Crippen LogP contribution in [-0.4, -0.2) is 7.05 Å². The summed E-state index contributed by atoms with van der Waals surface area (Å²) in [6, 6.07) is 15.5. The summed E-state index contributed by atoms with van der Waals surface area (Å²) in [6.07, 6.45) is 0. The summed E-state index contributed by atoms with van der Waals surface area (Å²) < 4.78 is 0. The number of nitrogens with two attached hydrogens (primary N) is 1. The Hall–Kier alpha value is -1.51. The fourth-order valence-corrected chi connectivity index (χ4v) is 2.04. The van der Waals surface area contributed by atoms with Crippen molar-refractivity contribution in [3.63, 3.8) is 0 Å². The molecule has 3 heteroatoms. The van der Waals surface area contributed by atoms with E-state index in [1.165, 1.54) is 0 Å². The van der Waals surface area contributed by atoms with Crippen LogP contribution in [0, 0.1) is 0 Å². The number of benzene rings is 2. The molecule has 0 saturated heterocycles. The molecular weight excluding hydrogens is 232 g/mol. The average molecular weight is 247 g/mol. The second-order valence-electron chi connectivity index (χ2n) is 3.87. The van der Waals surface area contributed by atoms with E-state index in [9.17, 15) is 0 Å². The number of halogens is 1. The van der Waals surface area contributed by atoms with Crippen molar-refractivity contribution in [1.29, 1.82) is 0 Å². The molecule has 2 rings (SSSR count). The maximum absolute atomic E-state index is 6.26. The first-order chi connectivity index (χ1) is 8.22. The highest BCUT2D eigenvalue weighted by Crippen LogP contribution is 2.28. The Morgan fingerprint density at radius 3 is 2.47 bits per heavy atom. The van der Waals surface area contributed by atoms with E-state index in [1.807, 2.05) is 55.6 Å². The van der Waals surface area contributed by atoms with Crippen LogP contribution < -0.4 is 11.1 Å². The minimum Gasteiger partial charge on any atom is -0.388 e. The van der Waals surface area contributed by atoms with Gasteiger partial charge in [-0.25, -0.2) is 0 Å². The zero-order valence-electron chi connectivity index (χ0n) is 9.65. The molecule has 0 spiro atoms. The Bertz CT molecular complexity index is 497. The van der Waals surface area contributed by atoms with Crippen LogP contribution in [0.1, 0.15) is 17.2 Å². The minimum absolute atomic E-state index is 0.169. The monoisotopic (exact) mass is 246 g/mol. The fourth-order valence-electron chi connectivity index (χ4n) is 1.86. The quantitative estimate of drug-likeness (QED) is 0.871. The first-order valence-corrected chi connectivity index (χ1v) is 5.88. The largest absolute Gasteiger partial charge is 0.388 e. The van der Waals surface area contributed by atoms with Crippen LogP contribution in [0.5, 0.6) is 0 Å². The summed E-state index contributed by atoms with van der Waals surface area (Å²) >= 11 is 6.02. The molecule has 17 heavy (non-hydrogen) atoms. The highest BCUT2D eigenvalue weighted by molar-refractivity contribution is 6.30. The molecular formula is C14H15ClN2. The molecule has 0 saturated carbocycles. The van der Waals surface area contributed by atoms with Crippen molar-refractivity contribution in [3.05, 3.63) is 64.7 Å². The number of rotatable bonds is 3. The topological polar surface area (TPSA) is 38.0 Å². The lowest BCUT2D eigenvalue weighted by Crippen LogP contribution is -2.13. The van der Waals surface area contributed by atoms with Gasteiger partial charge >= 0.3 is 0 Å². The van der Waals surface area contributed by atoms with E-state index in [1.54, 1.807) is 0 Å². The molecule has 2 aromatic rings. The van der Waals surface area contributed by atoms with Crippen molar-refractivity contribution in [2.24, 2.45) is 5.73 Å². The number of anilines is 1. The van der Waals surface area contributed by atoms with Crippen LogP contribution >= 0.6 is 11.6 Å². The highest BCUT2D eigenvalue weighted by atomic mass is 35.5. The molecule has 0 aliphatic rings. The summed E-state index contributed by atoms with van der Waals surface area (Å²) in [7, 11) is 1.88. The van der Waals surface area contributed by atoms with E-state index in [2.05, 4.69) is 5.32 Å². The minimum atomic E-state index is -0.169. The molecule has 0 bridgehead atoms. The summed E-state index contributed by atoms with van der Waals surface area (Å²) in [4.78, 5) is 0. The van der Waals surface area contributed by atoms with Crippen LogP contribution in [0.15, 0.2) is 48.5 Å². The predicted octanol–water partition coefficient (Wildman–Crippen LogP) is 3.43. The zero-order chi connectivity index (χ0) is 12.3. The third-order valence-corrected chi connectivity index (χ3v) is 3.01. The van der Waals surface area contributed by atoms with E-state index >= 15 is 0 Å². The molecule has 0 radical (unpaired) electrons. The molecule has 1 atom stereocenters. The van der Waals surface area contributed by atoms with Crippen molar-refractivity contribution in [2.75, 3.05) is 12.4 Å². The molecule has 1 unspecified atom stereocenters. The molecule has 0 amide bonds. The van der Waals surface area contributed by atoms with Crippen molar-refractivity contribution in [1.82, 2.24) is 0 Å². The van der Waals surface area contributed by atoms with Gasteiger partial charge in [-0.1, -0.05) is 41.9 Å². The van der Waals surface area contributed by atoms with Crippen molar-refractivity contribution in [3.8, 4) is 0 Å². The molecule has 2 nitrogen and oxygen atoms in total.